The molecule has 1 aromatic carbocycles. The van der Waals surface area contributed by atoms with Gasteiger partial charge in [-0.3, -0.25) is 4.79 Å². The number of hydrogen-bond donors (Lipinski definition) is 2. The van der Waals surface area contributed by atoms with Crippen molar-refractivity contribution in [3.05, 3.63) is 40.5 Å². The Morgan fingerprint density at radius 2 is 2.22 bits per heavy atom. The highest BCUT2D eigenvalue weighted by Crippen LogP contribution is 2.22. The summed E-state index contributed by atoms with van der Waals surface area (Å²) in [6.45, 7) is 1.50. The van der Waals surface area contributed by atoms with Crippen LogP contribution in [-0.4, -0.2) is 20.9 Å². The molecule has 2 rings (SSSR count). The number of nitrogens with one attached hydrogen (secondary N) is 1. The quantitative estimate of drug-likeness (QED) is 0.853. The topological polar surface area (TPSA) is 75.1 Å². The van der Waals surface area contributed by atoms with Crippen molar-refractivity contribution in [2.45, 2.75) is 6.92 Å². The van der Waals surface area contributed by atoms with Crippen LogP contribution in [0.15, 0.2) is 34.9 Å². The zero-order valence-electron chi connectivity index (χ0n) is 9.51. The van der Waals surface area contributed by atoms with Gasteiger partial charge in [0.15, 0.2) is 5.78 Å². The Bertz CT molecular complexity index is 602. The third kappa shape index (κ3) is 2.84. The molecule has 0 radical (unpaired) electrons. The van der Waals surface area contributed by atoms with E-state index in [9.17, 15) is 9.90 Å². The van der Waals surface area contributed by atoms with Crippen LogP contribution in [0, 0.1) is 0 Å². The highest BCUT2D eigenvalue weighted by atomic mass is 79.9. The zero-order valence-corrected chi connectivity index (χ0v) is 11.1. The first-order chi connectivity index (χ1) is 8.56. The molecule has 2 N–H and O–H groups in total. The minimum atomic E-state index is -0.143. The standard InChI is InChI=1S/C12H10BrN3O2/c1-7(17)8-3-2-4-9(5-8)15-12-14-6-10(13)11(18)16-12/h2-6H,1H3,(H2,14,15,16,18). The second kappa shape index (κ2) is 5.14. The predicted octanol–water partition coefficient (Wildman–Crippen LogP) is 2.89. The largest absolute Gasteiger partial charge is 0.492 e. The summed E-state index contributed by atoms with van der Waals surface area (Å²) in [4.78, 5) is 19.1. The van der Waals surface area contributed by atoms with Crippen molar-refractivity contribution in [1.29, 1.82) is 0 Å². The number of rotatable bonds is 3. The monoisotopic (exact) mass is 307 g/mol. The average molecular weight is 308 g/mol. The van der Waals surface area contributed by atoms with Gasteiger partial charge in [0.05, 0.1) is 10.7 Å². The number of benzene rings is 1. The van der Waals surface area contributed by atoms with Crippen molar-refractivity contribution < 1.29 is 9.90 Å². The second-order valence-corrected chi connectivity index (χ2v) is 4.48. The van der Waals surface area contributed by atoms with Crippen LogP contribution < -0.4 is 5.32 Å². The number of halogens is 1. The van der Waals surface area contributed by atoms with E-state index in [4.69, 9.17) is 0 Å². The van der Waals surface area contributed by atoms with Crippen LogP contribution in [0.3, 0.4) is 0 Å². The van der Waals surface area contributed by atoms with E-state index >= 15 is 0 Å². The molecule has 2 aromatic rings. The number of hydrogen-bond acceptors (Lipinski definition) is 5. The molecule has 0 atom stereocenters. The lowest BCUT2D eigenvalue weighted by Crippen LogP contribution is -1.98. The maximum absolute atomic E-state index is 11.2. The number of Topliss-reactive ketones (excluding diaryl/α,β-unsaturated/α-hetero) is 1. The van der Waals surface area contributed by atoms with Gasteiger partial charge in [0.25, 0.3) is 0 Å². The number of carbonyl (C=O) groups excluding carboxylic acids is 1. The molecule has 1 aromatic heterocycles. The minimum Gasteiger partial charge on any atom is -0.492 e. The smallest absolute Gasteiger partial charge is 0.230 e. The molecule has 0 fully saturated rings. The predicted molar refractivity (Wildman–Crippen MR) is 71.1 cm³/mol. The first-order valence-electron chi connectivity index (χ1n) is 5.16. The Morgan fingerprint density at radius 1 is 1.44 bits per heavy atom. The highest BCUT2D eigenvalue weighted by molar-refractivity contribution is 9.10. The third-order valence-electron chi connectivity index (χ3n) is 2.25. The number of ketones is 1. The molecule has 0 aliphatic rings. The van der Waals surface area contributed by atoms with Gasteiger partial charge in [0, 0.05) is 11.3 Å². The molecule has 18 heavy (non-hydrogen) atoms. The van der Waals surface area contributed by atoms with Gasteiger partial charge in [-0.05, 0) is 35.0 Å². The summed E-state index contributed by atoms with van der Waals surface area (Å²) in [6, 6.07) is 6.98. The molecule has 6 heteroatoms. The van der Waals surface area contributed by atoms with Gasteiger partial charge >= 0.3 is 0 Å². The van der Waals surface area contributed by atoms with Crippen molar-refractivity contribution in [2.24, 2.45) is 0 Å². The molecule has 1 heterocycles. The van der Waals surface area contributed by atoms with Crippen LogP contribution in [-0.2, 0) is 0 Å². The molecule has 0 saturated carbocycles. The fraction of sp³-hybridized carbons (Fsp3) is 0.0833. The van der Waals surface area contributed by atoms with Crippen LogP contribution in [0.2, 0.25) is 0 Å². The summed E-state index contributed by atoms with van der Waals surface area (Å²) >= 11 is 3.10. The zero-order chi connectivity index (χ0) is 13.1. The molecule has 0 saturated heterocycles. The maximum Gasteiger partial charge on any atom is 0.230 e. The molecular weight excluding hydrogens is 298 g/mol. The number of aromatic nitrogens is 2. The summed E-state index contributed by atoms with van der Waals surface area (Å²) in [7, 11) is 0. The lowest BCUT2D eigenvalue weighted by atomic mass is 10.1. The summed E-state index contributed by atoms with van der Waals surface area (Å²) < 4.78 is 0.422. The summed E-state index contributed by atoms with van der Waals surface area (Å²) in [5, 5.41) is 12.3. The van der Waals surface area contributed by atoms with Crippen molar-refractivity contribution in [3.63, 3.8) is 0 Å². The molecule has 0 amide bonds. The van der Waals surface area contributed by atoms with Crippen molar-refractivity contribution in [3.8, 4) is 5.88 Å². The molecule has 0 bridgehead atoms. The number of carbonyl (C=O) groups is 1. The number of anilines is 2. The van der Waals surface area contributed by atoms with Gasteiger partial charge in [0.2, 0.25) is 11.8 Å². The van der Waals surface area contributed by atoms with E-state index in [1.165, 1.54) is 13.1 Å². The van der Waals surface area contributed by atoms with E-state index in [0.717, 1.165) is 0 Å². The van der Waals surface area contributed by atoms with Gasteiger partial charge < -0.3 is 10.4 Å². The highest BCUT2D eigenvalue weighted by Gasteiger charge is 2.05. The SMILES string of the molecule is CC(=O)c1cccc(Nc2ncc(Br)c(O)n2)c1. The lowest BCUT2D eigenvalue weighted by molar-refractivity contribution is 0.101. The molecule has 5 nitrogen and oxygen atoms in total. The third-order valence-corrected chi connectivity index (χ3v) is 2.81. The summed E-state index contributed by atoms with van der Waals surface area (Å²) in [5.41, 5.74) is 1.28. The normalized spacial score (nSPS) is 10.1. The van der Waals surface area contributed by atoms with Gasteiger partial charge in [-0.15, -0.1) is 0 Å². The van der Waals surface area contributed by atoms with E-state index in [2.05, 4.69) is 31.2 Å². The first kappa shape index (κ1) is 12.5. The Morgan fingerprint density at radius 3 is 2.89 bits per heavy atom. The van der Waals surface area contributed by atoms with E-state index < -0.39 is 0 Å². The van der Waals surface area contributed by atoms with Crippen LogP contribution >= 0.6 is 15.9 Å². The number of aromatic hydroxyl groups is 1. The fourth-order valence-electron chi connectivity index (χ4n) is 1.36. The van der Waals surface area contributed by atoms with Crippen LogP contribution in [0.25, 0.3) is 0 Å². The van der Waals surface area contributed by atoms with Crippen molar-refractivity contribution >= 4 is 33.3 Å². The van der Waals surface area contributed by atoms with Gasteiger partial charge in [-0.2, -0.15) is 4.98 Å². The van der Waals surface area contributed by atoms with E-state index in [0.29, 0.717) is 15.7 Å². The van der Waals surface area contributed by atoms with Gasteiger partial charge in [-0.1, -0.05) is 12.1 Å². The first-order valence-corrected chi connectivity index (χ1v) is 5.95. The molecular formula is C12H10BrN3O2. The molecule has 0 aliphatic carbocycles. The van der Waals surface area contributed by atoms with Crippen LogP contribution in [0.1, 0.15) is 17.3 Å². The van der Waals surface area contributed by atoms with Crippen molar-refractivity contribution in [2.75, 3.05) is 5.32 Å². The lowest BCUT2D eigenvalue weighted by Gasteiger charge is -2.06. The summed E-state index contributed by atoms with van der Waals surface area (Å²) in [5.74, 6) is 0.102. The Balaban J connectivity index is 2.25. The summed E-state index contributed by atoms with van der Waals surface area (Å²) in [6.07, 6.45) is 1.44. The molecule has 0 unspecified atom stereocenters. The maximum atomic E-state index is 11.2. The van der Waals surface area contributed by atoms with Crippen molar-refractivity contribution in [1.82, 2.24) is 9.97 Å². The van der Waals surface area contributed by atoms with E-state index in [-0.39, 0.29) is 17.6 Å². The molecule has 0 aliphatic heterocycles. The van der Waals surface area contributed by atoms with E-state index in [1.54, 1.807) is 24.3 Å². The Hall–Kier alpha value is -1.95. The van der Waals surface area contributed by atoms with Gasteiger partial charge in [-0.25, -0.2) is 4.98 Å². The average Bonchev–Trinajstić information content (AvgIpc) is 2.34. The fourth-order valence-corrected chi connectivity index (χ4v) is 1.55. The Labute approximate surface area is 112 Å². The molecule has 0 spiro atoms. The molecule has 92 valence electrons. The van der Waals surface area contributed by atoms with E-state index in [1.807, 2.05) is 0 Å². The number of nitrogens with zero attached hydrogens (tertiary/aromatic N) is 2. The van der Waals surface area contributed by atoms with Gasteiger partial charge in [0.1, 0.15) is 0 Å². The second-order valence-electron chi connectivity index (χ2n) is 3.63. The van der Waals surface area contributed by atoms with Crippen LogP contribution in [0.5, 0.6) is 5.88 Å². The minimum absolute atomic E-state index is 0.0155. The Kier molecular flexibility index (Phi) is 3.57. The van der Waals surface area contributed by atoms with Crippen LogP contribution in [0.4, 0.5) is 11.6 Å².